The number of methoxy groups -OCH3 is 1. The minimum Gasteiger partial charge on any atom is -0.467 e. The summed E-state index contributed by atoms with van der Waals surface area (Å²) >= 11 is 0. The molecule has 1 amide bonds. The Kier molecular flexibility index (Phi) is 10.3. The summed E-state index contributed by atoms with van der Waals surface area (Å²) in [6.45, 7) is 1.06. The quantitative estimate of drug-likeness (QED) is 0.224. The van der Waals surface area contributed by atoms with Crippen LogP contribution in [0.2, 0.25) is 0 Å². The topological polar surface area (TPSA) is 99.2 Å². The Morgan fingerprint density at radius 2 is 1.55 bits per heavy atom. The molecule has 0 radical (unpaired) electrons. The van der Waals surface area contributed by atoms with Crippen molar-refractivity contribution in [2.75, 3.05) is 27.1 Å². The van der Waals surface area contributed by atoms with Gasteiger partial charge in [0.05, 0.1) is 16.4 Å². The molecule has 0 spiro atoms. The first-order valence-corrected chi connectivity index (χ1v) is 13.6. The Morgan fingerprint density at radius 3 is 2.15 bits per heavy atom. The van der Waals surface area contributed by atoms with Gasteiger partial charge in [-0.05, 0) is 48.7 Å². The monoisotopic (exact) mass is 579 g/mol. The molecule has 0 aromatic heterocycles. The second-order valence-corrected chi connectivity index (χ2v) is 10.5. The zero-order valence-electron chi connectivity index (χ0n) is 21.8. The zero-order chi connectivity index (χ0) is 29.3. The highest BCUT2D eigenvalue weighted by Crippen LogP contribution is 2.29. The molecule has 12 heteroatoms. The van der Waals surface area contributed by atoms with E-state index in [2.05, 4.69) is 0 Å². The fraction of sp³-hybridized carbons (Fsp3) is 0.286. The number of hydrogen-bond donors (Lipinski definition) is 0. The molecule has 0 aliphatic rings. The van der Waals surface area contributed by atoms with E-state index in [0.29, 0.717) is 16.0 Å². The van der Waals surface area contributed by atoms with Crippen LogP contribution in [0.3, 0.4) is 0 Å². The van der Waals surface area contributed by atoms with Crippen LogP contribution in [0.1, 0.15) is 28.4 Å². The van der Waals surface area contributed by atoms with Crippen molar-refractivity contribution in [2.24, 2.45) is 0 Å². The van der Waals surface area contributed by atoms with E-state index in [1.807, 2.05) is 0 Å². The van der Waals surface area contributed by atoms with Gasteiger partial charge in [-0.15, -0.1) is 0 Å². The summed E-state index contributed by atoms with van der Waals surface area (Å²) in [5.41, 5.74) is 1.11. The maximum atomic E-state index is 13.3. The van der Waals surface area contributed by atoms with E-state index < -0.39 is 27.9 Å². The third-order valence-electron chi connectivity index (χ3n) is 5.74. The van der Waals surface area contributed by atoms with Gasteiger partial charge in [-0.3, -0.25) is 4.79 Å². The molecule has 0 fully saturated rings. The van der Waals surface area contributed by atoms with Crippen molar-refractivity contribution in [1.29, 1.82) is 0 Å². The lowest BCUT2D eigenvalue weighted by Crippen LogP contribution is -2.41. The normalized spacial score (nSPS) is 11.6. The molecule has 0 aliphatic carbocycles. The van der Waals surface area contributed by atoms with E-state index >= 15 is 0 Å². The highest BCUT2D eigenvalue weighted by atomic mass is 32.2. The van der Waals surface area contributed by atoms with Crippen LogP contribution in [0.25, 0.3) is 0 Å². The molecule has 214 valence electrons. The molecule has 0 heterocycles. The molecule has 0 bridgehead atoms. The summed E-state index contributed by atoms with van der Waals surface area (Å²) in [5, 5.41) is 0. The van der Waals surface area contributed by atoms with E-state index in [9.17, 15) is 31.2 Å². The summed E-state index contributed by atoms with van der Waals surface area (Å²) in [6.07, 6.45) is -4.96. The van der Waals surface area contributed by atoms with Gasteiger partial charge in [0.1, 0.15) is 11.3 Å². The molecule has 8 nitrogen and oxygen atoms in total. The number of benzene rings is 3. The van der Waals surface area contributed by atoms with Crippen LogP contribution < -0.4 is 4.74 Å². The number of halogens is 3. The molecule has 0 N–H and O–H groups in total. The van der Waals surface area contributed by atoms with Gasteiger partial charge >= 0.3 is 18.1 Å². The number of nitrogens with zero attached hydrogens (tertiary/aromatic N) is 1. The summed E-state index contributed by atoms with van der Waals surface area (Å²) < 4.78 is 81.3. The van der Waals surface area contributed by atoms with Crippen LogP contribution in [0, 0.1) is 0 Å². The van der Waals surface area contributed by atoms with Crippen LogP contribution in [-0.2, 0) is 37.1 Å². The fourth-order valence-electron chi connectivity index (χ4n) is 3.76. The predicted molar refractivity (Wildman–Crippen MR) is 138 cm³/mol. The summed E-state index contributed by atoms with van der Waals surface area (Å²) in [5.74, 6) is -2.67. The number of hydrogen-bond acceptors (Lipinski definition) is 7. The molecule has 3 rings (SSSR count). The second-order valence-electron chi connectivity index (χ2n) is 8.54. The van der Waals surface area contributed by atoms with Gasteiger partial charge in [-0.25, -0.2) is 13.2 Å². The van der Waals surface area contributed by atoms with Crippen molar-refractivity contribution < 1.29 is 45.4 Å². The number of amides is 1. The van der Waals surface area contributed by atoms with Crippen LogP contribution in [0.15, 0.2) is 82.6 Å². The highest BCUT2D eigenvalue weighted by Gasteiger charge is 2.42. The second kappa shape index (κ2) is 13.4. The molecular weight excluding hydrogens is 551 g/mol. The average molecular weight is 580 g/mol. The van der Waals surface area contributed by atoms with E-state index in [-0.39, 0.29) is 54.0 Å². The van der Waals surface area contributed by atoms with Crippen LogP contribution in [0.4, 0.5) is 13.2 Å². The first-order chi connectivity index (χ1) is 19.0. The third kappa shape index (κ3) is 7.82. The van der Waals surface area contributed by atoms with Crippen molar-refractivity contribution in [1.82, 2.24) is 4.90 Å². The van der Waals surface area contributed by atoms with Gasteiger partial charge in [-0.1, -0.05) is 42.5 Å². The smallest absolute Gasteiger partial charge is 0.467 e. The van der Waals surface area contributed by atoms with E-state index in [1.165, 1.54) is 49.6 Å². The minimum atomic E-state index is -5.03. The molecular formula is C28H28F3NO7S. The Labute approximate surface area is 230 Å². The number of alkyl halides is 3. The maximum Gasteiger partial charge on any atom is 0.471 e. The number of sulfone groups is 1. The van der Waals surface area contributed by atoms with Gasteiger partial charge in [0, 0.05) is 26.3 Å². The van der Waals surface area contributed by atoms with Crippen molar-refractivity contribution in [3.8, 4) is 5.75 Å². The summed E-state index contributed by atoms with van der Waals surface area (Å²) in [4.78, 5) is 24.7. The highest BCUT2D eigenvalue weighted by molar-refractivity contribution is 7.91. The van der Waals surface area contributed by atoms with Crippen molar-refractivity contribution in [2.45, 2.75) is 35.9 Å². The lowest BCUT2D eigenvalue weighted by atomic mass is 10.1. The average Bonchev–Trinajstić information content (AvgIpc) is 2.94. The Morgan fingerprint density at radius 1 is 0.900 bits per heavy atom. The molecule has 3 aromatic carbocycles. The van der Waals surface area contributed by atoms with Crippen LogP contribution >= 0.6 is 0 Å². The SMILES string of the molecule is CCOC(=O)c1ccc(S(=O)(=O)c2ccc(CCN(Cc3ccccc3)C(=O)C(F)(F)F)cc2)cc1OCOC. The fourth-order valence-corrected chi connectivity index (χ4v) is 5.04. The Hall–Kier alpha value is -3.90. The molecule has 0 saturated heterocycles. The molecule has 40 heavy (non-hydrogen) atoms. The molecule has 0 aliphatic heterocycles. The van der Waals surface area contributed by atoms with Gasteiger partial charge in [0.2, 0.25) is 9.84 Å². The summed E-state index contributed by atoms with van der Waals surface area (Å²) in [7, 11) is -2.68. The van der Waals surface area contributed by atoms with E-state index in [1.54, 1.807) is 37.3 Å². The maximum absolute atomic E-state index is 13.3. The van der Waals surface area contributed by atoms with E-state index in [4.69, 9.17) is 14.2 Å². The van der Waals surface area contributed by atoms with Crippen molar-refractivity contribution in [3.63, 3.8) is 0 Å². The summed E-state index contributed by atoms with van der Waals surface area (Å²) in [6, 6.07) is 17.6. The van der Waals surface area contributed by atoms with Gasteiger partial charge in [0.15, 0.2) is 6.79 Å². The number of carbonyl (C=O) groups excluding carboxylic acids is 2. The molecule has 0 unspecified atom stereocenters. The molecule has 3 aromatic rings. The first kappa shape index (κ1) is 30.6. The molecule has 0 saturated carbocycles. The lowest BCUT2D eigenvalue weighted by Gasteiger charge is -2.24. The van der Waals surface area contributed by atoms with Gasteiger partial charge in [-0.2, -0.15) is 13.2 Å². The Bertz CT molecular complexity index is 1410. The number of esters is 1. The zero-order valence-corrected chi connectivity index (χ0v) is 22.6. The van der Waals surface area contributed by atoms with Crippen LogP contribution in [-0.4, -0.2) is 58.4 Å². The Balaban J connectivity index is 1.79. The van der Waals surface area contributed by atoms with E-state index in [0.717, 1.165) is 0 Å². The standard InChI is InChI=1S/C28H28F3NO7S/c1-3-38-26(33)24-14-13-23(17-25(24)39-19-37-2)40(35,36)22-11-9-20(10-12-22)15-16-32(27(34)28(29,30)31)18-21-7-5-4-6-8-21/h4-14,17H,3,15-16,18-19H2,1-2H3. The molecule has 0 atom stereocenters. The van der Waals surface area contributed by atoms with Gasteiger partial charge < -0.3 is 19.1 Å². The number of carbonyl (C=O) groups is 2. The largest absolute Gasteiger partial charge is 0.471 e. The van der Waals surface area contributed by atoms with Gasteiger partial charge in [0.25, 0.3) is 0 Å². The lowest BCUT2D eigenvalue weighted by molar-refractivity contribution is -0.186. The minimum absolute atomic E-state index is 0.0293. The first-order valence-electron chi connectivity index (χ1n) is 12.1. The van der Waals surface area contributed by atoms with Crippen molar-refractivity contribution in [3.05, 3.63) is 89.5 Å². The van der Waals surface area contributed by atoms with Crippen molar-refractivity contribution >= 4 is 21.7 Å². The predicted octanol–water partition coefficient (Wildman–Crippen LogP) is 4.81. The number of ether oxygens (including phenoxy) is 3. The third-order valence-corrected chi connectivity index (χ3v) is 7.51. The number of rotatable bonds is 12. The van der Waals surface area contributed by atoms with Crippen LogP contribution in [0.5, 0.6) is 5.75 Å².